The fourth-order valence-electron chi connectivity index (χ4n) is 1.20. The molecule has 0 atom stereocenters. The lowest BCUT2D eigenvalue weighted by Gasteiger charge is -2.02. The van der Waals surface area contributed by atoms with Crippen LogP contribution in [-0.4, -0.2) is 5.11 Å². The number of aliphatic hydroxyl groups excluding tert-OH is 1. The molecule has 2 rings (SSSR count). The molecule has 1 aromatic carbocycles. The minimum Gasteiger partial charge on any atom is -0.392 e. The summed E-state index contributed by atoms with van der Waals surface area (Å²) in [5.41, 5.74) is 2.24. The fraction of sp³-hybridized carbons (Fsp3) is 0.250. The molecular weight excluding hydrogens is 238 g/mol. The number of rotatable bonds is 1. The van der Waals surface area contributed by atoms with Crippen LogP contribution in [0.1, 0.15) is 11.1 Å². The third-order valence-electron chi connectivity index (χ3n) is 1.83. The highest BCUT2D eigenvalue weighted by atomic mass is 79.9. The zero-order chi connectivity index (χ0) is 8.55. The molecule has 0 amide bonds. The van der Waals surface area contributed by atoms with E-state index in [0.29, 0.717) is 0 Å². The van der Waals surface area contributed by atoms with Gasteiger partial charge in [-0.1, -0.05) is 15.9 Å². The van der Waals surface area contributed by atoms with Crippen molar-refractivity contribution in [2.24, 2.45) is 0 Å². The van der Waals surface area contributed by atoms with Gasteiger partial charge in [-0.05, 0) is 35.2 Å². The number of hydrogen-bond acceptors (Lipinski definition) is 3. The van der Waals surface area contributed by atoms with Crippen LogP contribution in [0.2, 0.25) is 0 Å². The third-order valence-corrected chi connectivity index (χ3v) is 3.41. The van der Waals surface area contributed by atoms with Gasteiger partial charge in [-0.3, -0.25) is 4.72 Å². The average Bonchev–Trinajstić information content (AvgIpc) is 2.52. The van der Waals surface area contributed by atoms with Gasteiger partial charge in [-0.2, -0.15) is 0 Å². The molecule has 1 aliphatic heterocycles. The molecule has 2 nitrogen and oxygen atoms in total. The Hall–Kier alpha value is -0.0300. The van der Waals surface area contributed by atoms with E-state index in [4.69, 9.17) is 5.11 Å². The predicted molar refractivity (Wildman–Crippen MR) is 52.8 cm³/mol. The molecule has 4 heteroatoms. The van der Waals surface area contributed by atoms with Gasteiger partial charge in [0.1, 0.15) is 0 Å². The van der Waals surface area contributed by atoms with Crippen LogP contribution in [0.3, 0.4) is 0 Å². The maximum atomic E-state index is 8.94. The lowest BCUT2D eigenvalue weighted by Crippen LogP contribution is -1.93. The zero-order valence-electron chi connectivity index (χ0n) is 6.30. The first-order valence-corrected chi connectivity index (χ1v) is 5.24. The van der Waals surface area contributed by atoms with Crippen LogP contribution in [-0.2, 0) is 13.2 Å². The van der Waals surface area contributed by atoms with E-state index in [-0.39, 0.29) is 6.61 Å². The summed E-state index contributed by atoms with van der Waals surface area (Å²) in [5, 5.41) is 8.94. The number of halogens is 1. The van der Waals surface area contributed by atoms with Gasteiger partial charge in [0.2, 0.25) is 0 Å². The predicted octanol–water partition coefficient (Wildman–Crippen LogP) is 2.05. The van der Waals surface area contributed by atoms with E-state index >= 15 is 0 Å². The van der Waals surface area contributed by atoms with Gasteiger partial charge in [0.25, 0.3) is 0 Å². The summed E-state index contributed by atoms with van der Waals surface area (Å²) in [6.45, 7) is 0.999. The molecule has 0 aliphatic carbocycles. The van der Waals surface area contributed by atoms with Crippen molar-refractivity contribution in [3.63, 3.8) is 0 Å². The van der Waals surface area contributed by atoms with Crippen LogP contribution in [0.15, 0.2) is 21.5 Å². The summed E-state index contributed by atoms with van der Waals surface area (Å²) >= 11 is 5.09. The summed E-state index contributed by atoms with van der Waals surface area (Å²) in [6, 6.07) is 3.98. The molecular formula is C8H8BrNOS. The molecule has 0 bridgehead atoms. The Morgan fingerprint density at radius 3 is 3.17 bits per heavy atom. The molecule has 1 heterocycles. The lowest BCUT2D eigenvalue weighted by atomic mass is 10.1. The summed E-state index contributed by atoms with van der Waals surface area (Å²) in [6.07, 6.45) is 0. The average molecular weight is 246 g/mol. The molecule has 0 spiro atoms. The minimum absolute atomic E-state index is 0.104. The normalized spacial score (nSPS) is 14.8. The summed E-state index contributed by atoms with van der Waals surface area (Å²) in [4.78, 5) is 1.22. The van der Waals surface area contributed by atoms with Gasteiger partial charge in [0, 0.05) is 15.9 Å². The number of benzene rings is 1. The Labute approximate surface area is 83.6 Å². The van der Waals surface area contributed by atoms with Crippen LogP contribution in [0.4, 0.5) is 0 Å². The van der Waals surface area contributed by atoms with Gasteiger partial charge in [-0.25, -0.2) is 0 Å². The Balaban J connectivity index is 2.51. The quantitative estimate of drug-likeness (QED) is 0.744. The molecule has 0 radical (unpaired) electrons. The van der Waals surface area contributed by atoms with Gasteiger partial charge >= 0.3 is 0 Å². The highest BCUT2D eigenvalue weighted by Gasteiger charge is 2.14. The second kappa shape index (κ2) is 3.38. The smallest absolute Gasteiger partial charge is 0.0682 e. The molecule has 0 fully saturated rings. The molecule has 64 valence electrons. The van der Waals surface area contributed by atoms with Gasteiger partial charge in [0.15, 0.2) is 0 Å². The van der Waals surface area contributed by atoms with Gasteiger partial charge in [0.05, 0.1) is 6.61 Å². The highest BCUT2D eigenvalue weighted by Crippen LogP contribution is 2.33. The van der Waals surface area contributed by atoms with Crippen LogP contribution < -0.4 is 4.72 Å². The lowest BCUT2D eigenvalue weighted by molar-refractivity contribution is 0.281. The van der Waals surface area contributed by atoms with Crippen molar-refractivity contribution in [1.82, 2.24) is 4.72 Å². The first kappa shape index (κ1) is 8.56. The Kier molecular flexibility index (Phi) is 2.41. The van der Waals surface area contributed by atoms with E-state index in [9.17, 15) is 0 Å². The van der Waals surface area contributed by atoms with Crippen molar-refractivity contribution in [2.75, 3.05) is 0 Å². The monoisotopic (exact) mass is 245 g/mol. The van der Waals surface area contributed by atoms with E-state index in [0.717, 1.165) is 16.6 Å². The third kappa shape index (κ3) is 1.40. The van der Waals surface area contributed by atoms with Gasteiger partial charge < -0.3 is 5.11 Å². The van der Waals surface area contributed by atoms with Gasteiger partial charge in [-0.15, -0.1) is 0 Å². The van der Waals surface area contributed by atoms with E-state index in [1.807, 2.05) is 12.1 Å². The van der Waals surface area contributed by atoms with Crippen molar-refractivity contribution in [3.05, 3.63) is 27.7 Å². The number of hydrogen-bond donors (Lipinski definition) is 2. The zero-order valence-corrected chi connectivity index (χ0v) is 8.70. The summed E-state index contributed by atoms with van der Waals surface area (Å²) in [5.74, 6) is 0. The van der Waals surface area contributed by atoms with Crippen LogP contribution >= 0.6 is 27.9 Å². The number of nitrogens with one attached hydrogen (secondary N) is 1. The van der Waals surface area contributed by atoms with Crippen LogP contribution in [0.5, 0.6) is 0 Å². The van der Waals surface area contributed by atoms with Crippen molar-refractivity contribution in [2.45, 2.75) is 18.0 Å². The molecule has 1 aromatic rings. The minimum atomic E-state index is 0.104. The molecule has 0 aromatic heterocycles. The van der Waals surface area contributed by atoms with Crippen molar-refractivity contribution in [1.29, 1.82) is 0 Å². The second-order valence-electron chi connectivity index (χ2n) is 2.64. The van der Waals surface area contributed by atoms with Crippen molar-refractivity contribution in [3.8, 4) is 0 Å². The largest absolute Gasteiger partial charge is 0.392 e. The topological polar surface area (TPSA) is 32.3 Å². The summed E-state index contributed by atoms with van der Waals surface area (Å²) in [7, 11) is 0. The maximum Gasteiger partial charge on any atom is 0.0682 e. The highest BCUT2D eigenvalue weighted by molar-refractivity contribution is 9.10. The van der Waals surface area contributed by atoms with Crippen LogP contribution in [0, 0.1) is 0 Å². The maximum absolute atomic E-state index is 8.94. The van der Waals surface area contributed by atoms with E-state index in [2.05, 4.69) is 20.7 Å². The SMILES string of the molecule is OCc1cc(Br)c2c(c1)SNC2. The first-order chi connectivity index (χ1) is 5.81. The Morgan fingerprint density at radius 2 is 2.42 bits per heavy atom. The second-order valence-corrected chi connectivity index (χ2v) is 4.42. The van der Waals surface area contributed by atoms with E-state index in [1.54, 1.807) is 11.9 Å². The first-order valence-electron chi connectivity index (χ1n) is 3.63. The number of aliphatic hydroxyl groups is 1. The molecule has 0 saturated carbocycles. The van der Waals surface area contributed by atoms with Crippen molar-refractivity contribution < 1.29 is 5.11 Å². The molecule has 2 N–H and O–H groups in total. The standard InChI is InChI=1S/C8H8BrNOS/c9-7-1-5(4-11)2-8-6(7)3-10-12-8/h1-2,10-11H,3-4H2. The van der Waals surface area contributed by atoms with E-state index in [1.165, 1.54) is 10.5 Å². The van der Waals surface area contributed by atoms with E-state index < -0.39 is 0 Å². The number of fused-ring (bicyclic) bond motifs is 1. The Bertz CT molecular complexity index is 316. The van der Waals surface area contributed by atoms with Crippen LogP contribution in [0.25, 0.3) is 0 Å². The summed E-state index contributed by atoms with van der Waals surface area (Å²) < 4.78 is 4.27. The molecule has 1 aliphatic rings. The molecule has 12 heavy (non-hydrogen) atoms. The molecule has 0 unspecified atom stereocenters. The fourth-order valence-corrected chi connectivity index (χ4v) is 2.87. The van der Waals surface area contributed by atoms with Crippen molar-refractivity contribution >= 4 is 27.9 Å². The molecule has 0 saturated heterocycles. The Morgan fingerprint density at radius 1 is 1.58 bits per heavy atom.